The summed E-state index contributed by atoms with van der Waals surface area (Å²) in [6.07, 6.45) is 0.908. The highest BCUT2D eigenvalue weighted by atomic mass is 16.5. The highest BCUT2D eigenvalue weighted by Crippen LogP contribution is 2.29. The normalized spacial score (nSPS) is 15.4. The smallest absolute Gasteiger partial charge is 0.322 e. The summed E-state index contributed by atoms with van der Waals surface area (Å²) in [5, 5.41) is 11.0. The molecule has 1 aliphatic heterocycles. The maximum Gasteiger partial charge on any atom is 0.322 e. The quantitative estimate of drug-likeness (QED) is 0.735. The van der Waals surface area contributed by atoms with E-state index in [9.17, 15) is 9.59 Å². The first-order valence-corrected chi connectivity index (χ1v) is 8.20. The molecule has 1 aromatic carbocycles. The van der Waals surface area contributed by atoms with E-state index in [1.54, 1.807) is 14.2 Å². The van der Waals surface area contributed by atoms with Crippen LogP contribution in [0.25, 0.3) is 0 Å². The van der Waals surface area contributed by atoms with E-state index in [2.05, 4.69) is 10.2 Å². The van der Waals surface area contributed by atoms with Gasteiger partial charge in [0.1, 0.15) is 18.0 Å². The molecule has 2 rings (SSSR count). The van der Waals surface area contributed by atoms with E-state index in [-0.39, 0.29) is 19.0 Å². The molecule has 0 aromatic heterocycles. The fraction of sp³-hybridized carbons (Fsp3) is 0.529. The number of rotatable bonds is 7. The largest absolute Gasteiger partial charge is 0.497 e. The number of nitrogens with one attached hydrogen (secondary N) is 1. The topological polar surface area (TPSA) is 91.3 Å². The number of methoxy groups -OCH3 is 2. The first kappa shape index (κ1) is 18.9. The Hall–Kier alpha value is -2.48. The van der Waals surface area contributed by atoms with Gasteiger partial charge in [-0.05, 0) is 6.42 Å². The monoisotopic (exact) mass is 351 g/mol. The van der Waals surface area contributed by atoms with Crippen LogP contribution in [0, 0.1) is 0 Å². The van der Waals surface area contributed by atoms with Crippen molar-refractivity contribution in [3.8, 4) is 11.5 Å². The van der Waals surface area contributed by atoms with Crippen molar-refractivity contribution in [3.05, 3.63) is 18.2 Å². The zero-order valence-electron chi connectivity index (χ0n) is 14.7. The van der Waals surface area contributed by atoms with Gasteiger partial charge in [0.2, 0.25) is 5.91 Å². The predicted octanol–water partition coefficient (Wildman–Crippen LogP) is 0.417. The summed E-state index contributed by atoms with van der Waals surface area (Å²) >= 11 is 0. The lowest BCUT2D eigenvalue weighted by Crippen LogP contribution is -2.40. The zero-order valence-corrected chi connectivity index (χ0v) is 14.7. The molecule has 0 atom stereocenters. The highest BCUT2D eigenvalue weighted by Gasteiger charge is 2.18. The van der Waals surface area contributed by atoms with Gasteiger partial charge in [-0.25, -0.2) is 0 Å². The van der Waals surface area contributed by atoms with E-state index in [1.807, 2.05) is 23.1 Å². The Balaban J connectivity index is 1.95. The number of amides is 1. The van der Waals surface area contributed by atoms with E-state index in [0.717, 1.165) is 49.8 Å². The number of hydrogen-bond acceptors (Lipinski definition) is 6. The van der Waals surface area contributed by atoms with Gasteiger partial charge in [-0.15, -0.1) is 0 Å². The third kappa shape index (κ3) is 5.82. The van der Waals surface area contributed by atoms with Crippen LogP contribution in [0.3, 0.4) is 0 Å². The number of hydrogen-bond donors (Lipinski definition) is 2. The van der Waals surface area contributed by atoms with Crippen LogP contribution >= 0.6 is 0 Å². The van der Waals surface area contributed by atoms with Gasteiger partial charge in [0, 0.05) is 50.1 Å². The fourth-order valence-corrected chi connectivity index (χ4v) is 2.80. The van der Waals surface area contributed by atoms with Gasteiger partial charge < -0.3 is 24.8 Å². The summed E-state index contributed by atoms with van der Waals surface area (Å²) in [4.78, 5) is 26.6. The second kappa shape index (κ2) is 9.12. The number of ether oxygens (including phenoxy) is 2. The van der Waals surface area contributed by atoms with E-state index in [0.29, 0.717) is 0 Å². The number of nitrogens with zero attached hydrogens (tertiary/aromatic N) is 2. The van der Waals surface area contributed by atoms with E-state index < -0.39 is 5.97 Å². The maximum absolute atomic E-state index is 11.8. The van der Waals surface area contributed by atoms with Crippen molar-refractivity contribution in [1.82, 2.24) is 10.2 Å². The van der Waals surface area contributed by atoms with Crippen LogP contribution in [-0.2, 0) is 9.59 Å². The lowest BCUT2D eigenvalue weighted by molar-refractivity contribution is -0.138. The molecule has 1 saturated heterocycles. The highest BCUT2D eigenvalue weighted by molar-refractivity contribution is 5.82. The Bertz CT molecular complexity index is 586. The van der Waals surface area contributed by atoms with Gasteiger partial charge >= 0.3 is 5.97 Å². The van der Waals surface area contributed by atoms with Crippen molar-refractivity contribution < 1.29 is 24.2 Å². The number of carbonyl (C=O) groups is 2. The van der Waals surface area contributed by atoms with Crippen LogP contribution in [0.4, 0.5) is 5.69 Å². The average Bonchev–Trinajstić information content (AvgIpc) is 2.85. The third-order valence-electron chi connectivity index (χ3n) is 4.09. The van der Waals surface area contributed by atoms with Crippen molar-refractivity contribution in [2.24, 2.45) is 0 Å². The number of carbonyl (C=O) groups excluding carboxylic acids is 1. The SMILES string of the molecule is COc1cc(OC)cc(N2CCCN(CC(=O)NCC(=O)O)CC2)c1. The first-order valence-electron chi connectivity index (χ1n) is 8.20. The van der Waals surface area contributed by atoms with Gasteiger partial charge in [0.15, 0.2) is 0 Å². The van der Waals surface area contributed by atoms with Gasteiger partial charge in [-0.1, -0.05) is 0 Å². The van der Waals surface area contributed by atoms with Crippen LogP contribution in [0.5, 0.6) is 11.5 Å². The standard InChI is InChI=1S/C17H25N3O5/c1-24-14-8-13(9-15(10-14)25-2)20-5-3-4-19(6-7-20)12-16(21)18-11-17(22)23/h8-10H,3-7,11-12H2,1-2H3,(H,18,21)(H,22,23). The molecule has 0 spiro atoms. The first-order chi connectivity index (χ1) is 12.0. The number of benzene rings is 1. The van der Waals surface area contributed by atoms with Gasteiger partial charge in [-0.2, -0.15) is 0 Å². The van der Waals surface area contributed by atoms with Crippen LogP contribution in [0.1, 0.15) is 6.42 Å². The van der Waals surface area contributed by atoms with Gasteiger partial charge in [-0.3, -0.25) is 14.5 Å². The predicted molar refractivity (Wildman–Crippen MR) is 93.5 cm³/mol. The zero-order chi connectivity index (χ0) is 18.2. The summed E-state index contributed by atoms with van der Waals surface area (Å²) in [6, 6.07) is 5.77. The molecule has 8 nitrogen and oxygen atoms in total. The Kier molecular flexibility index (Phi) is 6.88. The fourth-order valence-electron chi connectivity index (χ4n) is 2.80. The molecule has 0 bridgehead atoms. The Labute approximate surface area is 147 Å². The molecule has 0 saturated carbocycles. The molecular weight excluding hydrogens is 326 g/mol. The Morgan fingerprint density at radius 1 is 1.08 bits per heavy atom. The van der Waals surface area contributed by atoms with Gasteiger partial charge in [0.05, 0.1) is 20.8 Å². The molecule has 1 amide bonds. The number of carboxylic acids is 1. The molecular formula is C17H25N3O5. The minimum absolute atomic E-state index is 0.211. The molecule has 0 radical (unpaired) electrons. The number of carboxylic acid groups (broad SMARTS) is 1. The summed E-state index contributed by atoms with van der Waals surface area (Å²) in [5.74, 6) is 0.174. The summed E-state index contributed by atoms with van der Waals surface area (Å²) in [5.41, 5.74) is 1.02. The molecule has 1 fully saturated rings. The molecule has 0 unspecified atom stereocenters. The van der Waals surface area contributed by atoms with Crippen molar-refractivity contribution in [2.75, 3.05) is 58.4 Å². The lowest BCUT2D eigenvalue weighted by atomic mass is 10.2. The molecule has 1 heterocycles. The maximum atomic E-state index is 11.8. The van der Waals surface area contributed by atoms with Crippen LogP contribution < -0.4 is 19.7 Å². The van der Waals surface area contributed by atoms with Crippen LogP contribution in [0.2, 0.25) is 0 Å². The minimum Gasteiger partial charge on any atom is -0.497 e. The third-order valence-corrected chi connectivity index (χ3v) is 4.09. The number of aliphatic carboxylic acids is 1. The van der Waals surface area contributed by atoms with E-state index in [4.69, 9.17) is 14.6 Å². The molecule has 138 valence electrons. The minimum atomic E-state index is -1.04. The summed E-state index contributed by atoms with van der Waals surface area (Å²) in [7, 11) is 3.25. The average molecular weight is 351 g/mol. The molecule has 25 heavy (non-hydrogen) atoms. The molecule has 8 heteroatoms. The second-order valence-corrected chi connectivity index (χ2v) is 5.86. The molecule has 1 aromatic rings. The van der Waals surface area contributed by atoms with Gasteiger partial charge in [0.25, 0.3) is 0 Å². The summed E-state index contributed by atoms with van der Waals surface area (Å²) < 4.78 is 10.6. The van der Waals surface area contributed by atoms with E-state index in [1.165, 1.54) is 0 Å². The van der Waals surface area contributed by atoms with Crippen molar-refractivity contribution in [3.63, 3.8) is 0 Å². The van der Waals surface area contributed by atoms with Crippen molar-refractivity contribution in [1.29, 1.82) is 0 Å². The number of anilines is 1. The Morgan fingerprint density at radius 3 is 2.36 bits per heavy atom. The molecule has 0 aliphatic carbocycles. The van der Waals surface area contributed by atoms with Crippen molar-refractivity contribution >= 4 is 17.6 Å². The lowest BCUT2D eigenvalue weighted by Gasteiger charge is -2.24. The van der Waals surface area contributed by atoms with Crippen molar-refractivity contribution in [2.45, 2.75) is 6.42 Å². The summed E-state index contributed by atoms with van der Waals surface area (Å²) in [6.45, 7) is 3.01. The van der Waals surface area contributed by atoms with Crippen LogP contribution in [-0.4, -0.2) is 75.4 Å². The van der Waals surface area contributed by atoms with Crippen LogP contribution in [0.15, 0.2) is 18.2 Å². The molecule has 1 aliphatic rings. The van der Waals surface area contributed by atoms with E-state index >= 15 is 0 Å². The Morgan fingerprint density at radius 2 is 1.76 bits per heavy atom. The second-order valence-electron chi connectivity index (χ2n) is 5.86. The molecule has 2 N–H and O–H groups in total.